The zero-order valence-electron chi connectivity index (χ0n) is 12.7. The van der Waals surface area contributed by atoms with Crippen molar-refractivity contribution in [3.05, 3.63) is 94.6 Å². The quantitative estimate of drug-likeness (QED) is 0.639. The Morgan fingerprint density at radius 1 is 0.955 bits per heavy atom. The molecule has 1 nitrogen and oxygen atoms in total. The van der Waals surface area contributed by atoms with Crippen molar-refractivity contribution in [1.29, 1.82) is 0 Å². The standard InChI is InChI=1S/C21H18O/c1-21(12-5-2-6-13-21)18-11-7-9-16-14-15-8-3-4-10-17(15)20(22)19(16)18/h2-12H,13-14H2,1H3. The SMILES string of the molecule is CC1(c2cccc3c2C(=O)c2ccccc2C3)C=CC=CC1. The van der Waals surface area contributed by atoms with Crippen molar-refractivity contribution in [3.8, 4) is 0 Å². The molecular weight excluding hydrogens is 268 g/mol. The summed E-state index contributed by atoms with van der Waals surface area (Å²) in [5.41, 5.74) is 5.14. The zero-order chi connectivity index (χ0) is 15.2. The third-order valence-corrected chi connectivity index (χ3v) is 4.89. The van der Waals surface area contributed by atoms with Gasteiger partial charge in [0, 0.05) is 16.5 Å². The molecule has 2 aliphatic rings. The van der Waals surface area contributed by atoms with Crippen LogP contribution in [0, 0.1) is 0 Å². The Bertz CT molecular complexity index is 826. The molecule has 2 aliphatic carbocycles. The smallest absolute Gasteiger partial charge is 0.193 e. The Morgan fingerprint density at radius 2 is 1.77 bits per heavy atom. The van der Waals surface area contributed by atoms with E-state index in [1.165, 1.54) is 0 Å². The second-order valence-electron chi connectivity index (χ2n) is 6.41. The number of allylic oxidation sites excluding steroid dienone is 4. The van der Waals surface area contributed by atoms with Crippen LogP contribution in [0.1, 0.15) is 46.0 Å². The number of hydrogen-bond acceptors (Lipinski definition) is 1. The second kappa shape index (κ2) is 4.81. The van der Waals surface area contributed by atoms with E-state index < -0.39 is 0 Å². The van der Waals surface area contributed by atoms with Crippen LogP contribution in [0.2, 0.25) is 0 Å². The molecule has 0 saturated carbocycles. The van der Waals surface area contributed by atoms with Crippen LogP contribution in [-0.2, 0) is 11.8 Å². The molecule has 2 aromatic carbocycles. The summed E-state index contributed by atoms with van der Waals surface area (Å²) in [6, 6.07) is 14.3. The van der Waals surface area contributed by atoms with Gasteiger partial charge in [-0.2, -0.15) is 0 Å². The van der Waals surface area contributed by atoms with Crippen molar-refractivity contribution >= 4 is 5.78 Å². The molecule has 0 aliphatic heterocycles. The van der Waals surface area contributed by atoms with E-state index in [0.29, 0.717) is 0 Å². The molecular formula is C21H18O. The van der Waals surface area contributed by atoms with E-state index in [2.05, 4.69) is 55.5 Å². The Kier molecular flexibility index (Phi) is 2.90. The topological polar surface area (TPSA) is 17.1 Å². The van der Waals surface area contributed by atoms with E-state index in [4.69, 9.17) is 0 Å². The van der Waals surface area contributed by atoms with E-state index in [1.807, 2.05) is 18.2 Å². The van der Waals surface area contributed by atoms with Crippen molar-refractivity contribution in [1.82, 2.24) is 0 Å². The van der Waals surface area contributed by atoms with Crippen LogP contribution >= 0.6 is 0 Å². The summed E-state index contributed by atoms with van der Waals surface area (Å²) < 4.78 is 0. The molecule has 0 N–H and O–H groups in total. The lowest BCUT2D eigenvalue weighted by Gasteiger charge is -2.32. The Balaban J connectivity index is 1.91. The summed E-state index contributed by atoms with van der Waals surface area (Å²) >= 11 is 0. The Hall–Kier alpha value is -2.41. The molecule has 108 valence electrons. The minimum Gasteiger partial charge on any atom is -0.289 e. The number of hydrogen-bond donors (Lipinski definition) is 0. The molecule has 0 saturated heterocycles. The van der Waals surface area contributed by atoms with Gasteiger partial charge in [-0.3, -0.25) is 4.79 Å². The lowest BCUT2D eigenvalue weighted by atomic mass is 9.71. The molecule has 1 atom stereocenters. The number of fused-ring (bicyclic) bond motifs is 2. The molecule has 1 unspecified atom stereocenters. The van der Waals surface area contributed by atoms with Gasteiger partial charge < -0.3 is 0 Å². The van der Waals surface area contributed by atoms with Crippen molar-refractivity contribution in [2.24, 2.45) is 0 Å². The van der Waals surface area contributed by atoms with Crippen LogP contribution in [0.4, 0.5) is 0 Å². The minimum atomic E-state index is -0.0952. The first-order valence-corrected chi connectivity index (χ1v) is 7.78. The third-order valence-electron chi connectivity index (χ3n) is 4.89. The third kappa shape index (κ3) is 1.89. The fourth-order valence-electron chi connectivity index (χ4n) is 3.65. The molecule has 4 rings (SSSR count). The van der Waals surface area contributed by atoms with Gasteiger partial charge in [0.2, 0.25) is 0 Å². The maximum absolute atomic E-state index is 13.1. The number of rotatable bonds is 1. The van der Waals surface area contributed by atoms with Gasteiger partial charge in [-0.25, -0.2) is 0 Å². The highest BCUT2D eigenvalue weighted by Gasteiger charge is 2.32. The van der Waals surface area contributed by atoms with Gasteiger partial charge in [-0.05, 0) is 29.5 Å². The molecule has 22 heavy (non-hydrogen) atoms. The molecule has 2 aromatic rings. The molecule has 0 heterocycles. The summed E-state index contributed by atoms with van der Waals surface area (Å²) in [6.07, 6.45) is 10.4. The van der Waals surface area contributed by atoms with Crippen LogP contribution in [0.15, 0.2) is 66.8 Å². The molecule has 1 heteroatoms. The normalized spacial score (nSPS) is 22.3. The van der Waals surface area contributed by atoms with Crippen LogP contribution in [0.5, 0.6) is 0 Å². The maximum atomic E-state index is 13.1. The average molecular weight is 286 g/mol. The summed E-state index contributed by atoms with van der Waals surface area (Å²) in [5, 5.41) is 0. The van der Waals surface area contributed by atoms with Gasteiger partial charge in [0.1, 0.15) is 0 Å². The molecule has 0 aromatic heterocycles. The molecule has 0 bridgehead atoms. The molecule has 0 spiro atoms. The van der Waals surface area contributed by atoms with Crippen molar-refractivity contribution in [2.75, 3.05) is 0 Å². The van der Waals surface area contributed by atoms with E-state index in [9.17, 15) is 4.79 Å². The molecule has 0 amide bonds. The Labute approximate surface area is 131 Å². The van der Waals surface area contributed by atoms with Gasteiger partial charge in [0.05, 0.1) is 0 Å². The highest BCUT2D eigenvalue weighted by atomic mass is 16.1. The number of ketones is 1. The van der Waals surface area contributed by atoms with Crippen LogP contribution < -0.4 is 0 Å². The minimum absolute atomic E-state index is 0.0952. The fraction of sp³-hybridized carbons (Fsp3) is 0.190. The van der Waals surface area contributed by atoms with Crippen molar-refractivity contribution in [2.45, 2.75) is 25.2 Å². The Morgan fingerprint density at radius 3 is 2.59 bits per heavy atom. The summed E-state index contributed by atoms with van der Waals surface area (Å²) in [7, 11) is 0. The van der Waals surface area contributed by atoms with Crippen molar-refractivity contribution < 1.29 is 4.79 Å². The fourth-order valence-corrected chi connectivity index (χ4v) is 3.65. The average Bonchev–Trinajstić information content (AvgIpc) is 2.55. The van der Waals surface area contributed by atoms with E-state index >= 15 is 0 Å². The zero-order valence-corrected chi connectivity index (χ0v) is 12.7. The second-order valence-corrected chi connectivity index (χ2v) is 6.41. The highest BCUT2D eigenvalue weighted by molar-refractivity contribution is 6.13. The van der Waals surface area contributed by atoms with Gasteiger partial charge in [0.15, 0.2) is 5.78 Å². The van der Waals surface area contributed by atoms with Crippen LogP contribution in [0.25, 0.3) is 0 Å². The predicted octanol–water partition coefficient (Wildman–Crippen LogP) is 4.60. The summed E-state index contributed by atoms with van der Waals surface area (Å²) in [4.78, 5) is 13.1. The lowest BCUT2D eigenvalue weighted by molar-refractivity contribution is 0.103. The van der Waals surface area contributed by atoms with E-state index in [0.717, 1.165) is 40.7 Å². The number of benzene rings is 2. The molecule has 0 radical (unpaired) electrons. The van der Waals surface area contributed by atoms with Crippen molar-refractivity contribution in [3.63, 3.8) is 0 Å². The van der Waals surface area contributed by atoms with Gasteiger partial charge >= 0.3 is 0 Å². The summed E-state index contributed by atoms with van der Waals surface area (Å²) in [5.74, 6) is 0.177. The van der Waals surface area contributed by atoms with Gasteiger partial charge in [0.25, 0.3) is 0 Å². The first-order chi connectivity index (χ1) is 10.7. The first kappa shape index (κ1) is 13.3. The number of carbonyl (C=O) groups is 1. The number of carbonyl (C=O) groups excluding carboxylic acids is 1. The highest BCUT2D eigenvalue weighted by Crippen LogP contribution is 2.39. The van der Waals surface area contributed by atoms with Crippen LogP contribution in [-0.4, -0.2) is 5.78 Å². The van der Waals surface area contributed by atoms with Crippen LogP contribution in [0.3, 0.4) is 0 Å². The van der Waals surface area contributed by atoms with Gasteiger partial charge in [-0.15, -0.1) is 0 Å². The lowest BCUT2D eigenvalue weighted by Crippen LogP contribution is -2.26. The largest absolute Gasteiger partial charge is 0.289 e. The molecule has 0 fully saturated rings. The summed E-state index contributed by atoms with van der Waals surface area (Å²) in [6.45, 7) is 2.22. The monoisotopic (exact) mass is 286 g/mol. The predicted molar refractivity (Wildman–Crippen MR) is 89.4 cm³/mol. The van der Waals surface area contributed by atoms with E-state index in [1.54, 1.807) is 0 Å². The van der Waals surface area contributed by atoms with Gasteiger partial charge in [-0.1, -0.05) is 73.7 Å². The first-order valence-electron chi connectivity index (χ1n) is 7.78. The van der Waals surface area contributed by atoms with E-state index in [-0.39, 0.29) is 11.2 Å². The maximum Gasteiger partial charge on any atom is 0.193 e.